The van der Waals surface area contributed by atoms with Gasteiger partial charge in [0.25, 0.3) is 0 Å². The van der Waals surface area contributed by atoms with Gasteiger partial charge >= 0.3 is 0 Å². The molecule has 5 heteroatoms. The van der Waals surface area contributed by atoms with Gasteiger partial charge in [-0.1, -0.05) is 6.92 Å². The summed E-state index contributed by atoms with van der Waals surface area (Å²) >= 11 is 0. The van der Waals surface area contributed by atoms with Gasteiger partial charge in [-0.3, -0.25) is 9.59 Å². The van der Waals surface area contributed by atoms with Gasteiger partial charge in [-0.15, -0.1) is 0 Å². The van der Waals surface area contributed by atoms with Crippen molar-refractivity contribution in [2.75, 3.05) is 26.2 Å². The lowest BCUT2D eigenvalue weighted by Gasteiger charge is -2.21. The normalized spacial score (nSPS) is 17.3. The van der Waals surface area contributed by atoms with Gasteiger partial charge in [0.1, 0.15) is 0 Å². The van der Waals surface area contributed by atoms with Crippen molar-refractivity contribution in [2.24, 2.45) is 0 Å². The third-order valence-corrected chi connectivity index (χ3v) is 2.85. The number of nitrogens with one attached hydrogen (secondary N) is 2. The maximum atomic E-state index is 11.5. The molecule has 98 valence electrons. The monoisotopic (exact) mass is 241 g/mol. The number of rotatable bonds is 7. The van der Waals surface area contributed by atoms with Crippen molar-refractivity contribution in [2.45, 2.75) is 39.2 Å². The van der Waals surface area contributed by atoms with Crippen LogP contribution in [0.3, 0.4) is 0 Å². The molecule has 0 aromatic carbocycles. The van der Waals surface area contributed by atoms with Gasteiger partial charge in [0, 0.05) is 38.5 Å². The smallest absolute Gasteiger partial charge is 0.222 e. The Bertz CT molecular complexity index is 268. The van der Waals surface area contributed by atoms with Crippen LogP contribution in [0.25, 0.3) is 0 Å². The van der Waals surface area contributed by atoms with Crippen molar-refractivity contribution in [1.29, 1.82) is 0 Å². The molecule has 0 aromatic heterocycles. The number of hydrogen-bond donors (Lipinski definition) is 2. The zero-order valence-electron chi connectivity index (χ0n) is 10.8. The Labute approximate surface area is 103 Å². The molecule has 0 aliphatic carbocycles. The van der Waals surface area contributed by atoms with Crippen molar-refractivity contribution in [3.63, 3.8) is 0 Å². The molecule has 0 radical (unpaired) electrons. The molecule has 1 fully saturated rings. The molecule has 17 heavy (non-hydrogen) atoms. The molecule has 0 bridgehead atoms. The maximum absolute atomic E-state index is 11.5. The van der Waals surface area contributed by atoms with Crippen molar-refractivity contribution in [3.8, 4) is 0 Å². The van der Waals surface area contributed by atoms with Gasteiger partial charge < -0.3 is 15.5 Å². The molecule has 2 N–H and O–H groups in total. The number of carbonyl (C=O) groups is 2. The van der Waals surface area contributed by atoms with Crippen LogP contribution in [0.4, 0.5) is 0 Å². The molecule has 5 nitrogen and oxygen atoms in total. The van der Waals surface area contributed by atoms with Crippen LogP contribution in [0.2, 0.25) is 0 Å². The molecule has 1 rings (SSSR count). The molecule has 1 aliphatic heterocycles. The lowest BCUT2D eigenvalue weighted by Crippen LogP contribution is -2.43. The van der Waals surface area contributed by atoms with Crippen molar-refractivity contribution >= 4 is 11.8 Å². The van der Waals surface area contributed by atoms with Gasteiger partial charge in [0.2, 0.25) is 11.8 Å². The number of nitrogens with zero attached hydrogens (tertiary/aromatic N) is 1. The van der Waals surface area contributed by atoms with Crippen LogP contribution in [-0.4, -0.2) is 48.9 Å². The molecule has 2 amide bonds. The molecule has 0 spiro atoms. The fourth-order valence-corrected chi connectivity index (χ4v) is 2.00. The quantitative estimate of drug-likeness (QED) is 0.622. The van der Waals surface area contributed by atoms with E-state index in [4.69, 9.17) is 0 Å². The van der Waals surface area contributed by atoms with Crippen LogP contribution >= 0.6 is 0 Å². The van der Waals surface area contributed by atoms with Crippen LogP contribution in [0.15, 0.2) is 0 Å². The van der Waals surface area contributed by atoms with Crippen LogP contribution in [0.5, 0.6) is 0 Å². The highest BCUT2D eigenvalue weighted by atomic mass is 16.2. The SMILES string of the molecule is CCNCCC(=O)NC(C)CN1CCCC1=O. The predicted molar refractivity (Wildman–Crippen MR) is 66.6 cm³/mol. The fraction of sp³-hybridized carbons (Fsp3) is 0.833. The van der Waals surface area contributed by atoms with Crippen LogP contribution in [0.1, 0.15) is 33.1 Å². The Morgan fingerprint density at radius 3 is 2.88 bits per heavy atom. The zero-order valence-corrected chi connectivity index (χ0v) is 10.8. The largest absolute Gasteiger partial charge is 0.352 e. The van der Waals surface area contributed by atoms with Crippen LogP contribution in [-0.2, 0) is 9.59 Å². The van der Waals surface area contributed by atoms with E-state index >= 15 is 0 Å². The van der Waals surface area contributed by atoms with Crippen molar-refractivity contribution in [1.82, 2.24) is 15.5 Å². The summed E-state index contributed by atoms with van der Waals surface area (Å²) in [5.41, 5.74) is 0. The minimum Gasteiger partial charge on any atom is -0.352 e. The summed E-state index contributed by atoms with van der Waals surface area (Å²) in [4.78, 5) is 24.8. The number of carbonyl (C=O) groups excluding carboxylic acids is 2. The average Bonchev–Trinajstić information content (AvgIpc) is 2.64. The number of amides is 2. The number of hydrogen-bond acceptors (Lipinski definition) is 3. The van der Waals surface area contributed by atoms with Crippen molar-refractivity contribution in [3.05, 3.63) is 0 Å². The first-order valence-corrected chi connectivity index (χ1v) is 6.41. The molecule has 1 saturated heterocycles. The summed E-state index contributed by atoms with van der Waals surface area (Å²) in [5.74, 6) is 0.254. The highest BCUT2D eigenvalue weighted by molar-refractivity contribution is 5.78. The van der Waals surface area contributed by atoms with E-state index in [1.54, 1.807) is 0 Å². The van der Waals surface area contributed by atoms with E-state index in [0.717, 1.165) is 19.5 Å². The molecule has 0 saturated carbocycles. The average molecular weight is 241 g/mol. The second-order valence-corrected chi connectivity index (χ2v) is 4.52. The topological polar surface area (TPSA) is 61.4 Å². The summed E-state index contributed by atoms with van der Waals surface area (Å²) in [7, 11) is 0. The second-order valence-electron chi connectivity index (χ2n) is 4.52. The minimum absolute atomic E-state index is 0.0335. The lowest BCUT2D eigenvalue weighted by atomic mass is 10.3. The lowest BCUT2D eigenvalue weighted by molar-refractivity contribution is -0.129. The van der Waals surface area contributed by atoms with Gasteiger partial charge in [-0.25, -0.2) is 0 Å². The standard InChI is InChI=1S/C12H23N3O2/c1-3-13-7-6-11(16)14-10(2)9-15-8-4-5-12(15)17/h10,13H,3-9H2,1-2H3,(H,14,16). The fourth-order valence-electron chi connectivity index (χ4n) is 2.00. The Hall–Kier alpha value is -1.10. The van der Waals surface area contributed by atoms with E-state index in [2.05, 4.69) is 10.6 Å². The van der Waals surface area contributed by atoms with Gasteiger partial charge in [0.05, 0.1) is 0 Å². The molecule has 1 unspecified atom stereocenters. The first-order valence-electron chi connectivity index (χ1n) is 6.41. The van der Waals surface area contributed by atoms with E-state index in [1.165, 1.54) is 0 Å². The Kier molecular flexibility index (Phi) is 5.97. The minimum atomic E-state index is 0.0335. The summed E-state index contributed by atoms with van der Waals surface area (Å²) < 4.78 is 0. The maximum Gasteiger partial charge on any atom is 0.222 e. The van der Waals surface area contributed by atoms with Crippen LogP contribution in [0, 0.1) is 0 Å². The summed E-state index contributed by atoms with van der Waals surface area (Å²) in [5, 5.41) is 6.02. The second kappa shape index (κ2) is 7.27. The van der Waals surface area contributed by atoms with E-state index < -0.39 is 0 Å². The Morgan fingerprint density at radius 2 is 2.29 bits per heavy atom. The highest BCUT2D eigenvalue weighted by Gasteiger charge is 2.22. The molecular formula is C12H23N3O2. The van der Waals surface area contributed by atoms with Gasteiger partial charge in [-0.2, -0.15) is 0 Å². The third kappa shape index (κ3) is 5.17. The van der Waals surface area contributed by atoms with E-state index in [9.17, 15) is 9.59 Å². The molecule has 1 heterocycles. The summed E-state index contributed by atoms with van der Waals surface area (Å²) in [6.07, 6.45) is 2.09. The van der Waals surface area contributed by atoms with Crippen molar-refractivity contribution < 1.29 is 9.59 Å². The Balaban J connectivity index is 2.17. The zero-order chi connectivity index (χ0) is 12.7. The highest BCUT2D eigenvalue weighted by Crippen LogP contribution is 2.09. The third-order valence-electron chi connectivity index (χ3n) is 2.85. The molecule has 1 atom stereocenters. The molecular weight excluding hydrogens is 218 g/mol. The Morgan fingerprint density at radius 1 is 1.53 bits per heavy atom. The van der Waals surface area contributed by atoms with Gasteiger partial charge in [0.15, 0.2) is 0 Å². The first-order chi connectivity index (χ1) is 8.13. The van der Waals surface area contributed by atoms with Crippen LogP contribution < -0.4 is 10.6 Å². The first kappa shape index (κ1) is 14.0. The van der Waals surface area contributed by atoms with E-state index in [-0.39, 0.29) is 17.9 Å². The molecule has 0 aromatic rings. The van der Waals surface area contributed by atoms with E-state index in [1.807, 2.05) is 18.7 Å². The number of likely N-dealkylation sites (tertiary alicyclic amines) is 1. The summed E-state index contributed by atoms with van der Waals surface area (Å²) in [6.45, 7) is 7.00. The van der Waals surface area contributed by atoms with Gasteiger partial charge in [-0.05, 0) is 19.9 Å². The van der Waals surface area contributed by atoms with E-state index in [0.29, 0.717) is 25.9 Å². The predicted octanol–water partition coefficient (Wildman–Crippen LogP) is 0.113. The molecule has 1 aliphatic rings. The summed E-state index contributed by atoms with van der Waals surface area (Å²) in [6, 6.07) is 0.0335.